The van der Waals surface area contributed by atoms with Gasteiger partial charge in [-0.15, -0.1) is 11.3 Å². The summed E-state index contributed by atoms with van der Waals surface area (Å²) in [4.78, 5) is 4.08. The van der Waals surface area contributed by atoms with Crippen molar-refractivity contribution < 1.29 is 22.3 Å². The third kappa shape index (κ3) is 4.81. The van der Waals surface area contributed by atoms with Crippen LogP contribution in [-0.4, -0.2) is 29.7 Å². The molecule has 1 heterocycles. The molecule has 0 aliphatic heterocycles. The largest absolute Gasteiger partial charge is 0.368 e. The van der Waals surface area contributed by atoms with Crippen LogP contribution in [0, 0.1) is 0 Å². The Balaban J connectivity index is 2.35. The fourth-order valence-electron chi connectivity index (χ4n) is 0.982. The van der Waals surface area contributed by atoms with Crippen LogP contribution < -0.4 is 0 Å². The van der Waals surface area contributed by atoms with Gasteiger partial charge in [-0.25, -0.2) is 13.8 Å². The van der Waals surface area contributed by atoms with Crippen LogP contribution >= 0.6 is 24.0 Å². The number of nitrogens with zero attached hydrogens (tertiary/aromatic N) is 1. The number of ether oxygens (including phenoxy) is 1. The lowest BCUT2D eigenvalue weighted by Crippen LogP contribution is -2.32. The number of aryl methyl sites for hydroxylation is 1. The maximum Gasteiger partial charge on any atom is 0.330 e. The van der Waals surface area contributed by atoms with E-state index in [4.69, 9.17) is 0 Å². The molecular weight excluding hydrogens is 278 g/mol. The van der Waals surface area contributed by atoms with Gasteiger partial charge in [0, 0.05) is 5.38 Å². The molecule has 0 aliphatic carbocycles. The molecular formula is C9H11F4NOS2. The van der Waals surface area contributed by atoms with Gasteiger partial charge in [0.15, 0.2) is 0 Å². The molecule has 0 saturated carbocycles. The summed E-state index contributed by atoms with van der Waals surface area (Å²) in [6, 6.07) is 0. The number of thiol groups is 1. The minimum Gasteiger partial charge on any atom is -0.368 e. The predicted molar refractivity (Wildman–Crippen MR) is 60.3 cm³/mol. The van der Waals surface area contributed by atoms with Gasteiger partial charge in [-0.3, -0.25) is 0 Å². The molecule has 0 fully saturated rings. The molecule has 0 saturated heterocycles. The highest BCUT2D eigenvalue weighted by atomic mass is 32.1. The average Bonchev–Trinajstić information content (AvgIpc) is 2.66. The highest BCUT2D eigenvalue weighted by molar-refractivity contribution is 7.80. The molecule has 0 spiro atoms. The minimum atomic E-state index is -4.11. The van der Waals surface area contributed by atoms with Crippen molar-refractivity contribution in [3.05, 3.63) is 16.1 Å². The Morgan fingerprint density at radius 3 is 2.76 bits per heavy atom. The zero-order valence-electron chi connectivity index (χ0n) is 8.71. The Morgan fingerprint density at radius 2 is 2.18 bits per heavy atom. The van der Waals surface area contributed by atoms with E-state index in [0.717, 1.165) is 5.69 Å². The normalized spacial score (nSPS) is 12.4. The van der Waals surface area contributed by atoms with Gasteiger partial charge in [0.1, 0.15) is 11.6 Å². The number of rotatable bonds is 7. The molecule has 8 heteroatoms. The molecule has 0 unspecified atom stereocenters. The fourth-order valence-corrected chi connectivity index (χ4v) is 1.98. The van der Waals surface area contributed by atoms with Crippen LogP contribution in [0.3, 0.4) is 0 Å². The summed E-state index contributed by atoms with van der Waals surface area (Å²) in [5.41, 5.74) is 0.796. The molecule has 1 aromatic heterocycles. The van der Waals surface area contributed by atoms with Gasteiger partial charge in [-0.05, 0) is 12.2 Å². The summed E-state index contributed by atoms with van der Waals surface area (Å²) in [5.74, 6) is -3.47. The highest BCUT2D eigenvalue weighted by Gasteiger charge is 2.40. The number of hydrogen-bond acceptors (Lipinski definition) is 4. The summed E-state index contributed by atoms with van der Waals surface area (Å²) in [6.07, 6.45) is -3.04. The highest BCUT2D eigenvalue weighted by Crippen LogP contribution is 2.23. The van der Waals surface area contributed by atoms with E-state index in [1.54, 1.807) is 5.38 Å². The zero-order valence-corrected chi connectivity index (χ0v) is 10.4. The smallest absolute Gasteiger partial charge is 0.330 e. The number of thiazole rings is 1. The Bertz CT molecular complexity index is 345. The lowest BCUT2D eigenvalue weighted by molar-refractivity contribution is -0.168. The van der Waals surface area contributed by atoms with E-state index in [9.17, 15) is 17.6 Å². The van der Waals surface area contributed by atoms with Crippen molar-refractivity contribution in [3.63, 3.8) is 0 Å². The van der Waals surface area contributed by atoms with E-state index >= 15 is 0 Å². The topological polar surface area (TPSA) is 22.1 Å². The molecule has 2 nitrogen and oxygen atoms in total. The third-order valence-corrected chi connectivity index (χ3v) is 2.90. The zero-order chi connectivity index (χ0) is 12.9. The van der Waals surface area contributed by atoms with Crippen molar-refractivity contribution >= 4 is 24.0 Å². The van der Waals surface area contributed by atoms with Crippen molar-refractivity contribution in [1.29, 1.82) is 0 Å². The van der Waals surface area contributed by atoms with Crippen LogP contribution in [0.4, 0.5) is 17.6 Å². The van der Waals surface area contributed by atoms with Crippen LogP contribution in [0.2, 0.25) is 0 Å². The van der Waals surface area contributed by atoms with Crippen LogP contribution in [0.5, 0.6) is 0 Å². The van der Waals surface area contributed by atoms with Gasteiger partial charge in [-0.1, -0.05) is 0 Å². The maximum absolute atomic E-state index is 12.5. The number of alkyl halides is 4. The first-order valence-corrected chi connectivity index (χ1v) is 6.25. The van der Waals surface area contributed by atoms with Crippen molar-refractivity contribution in [1.82, 2.24) is 4.98 Å². The van der Waals surface area contributed by atoms with Gasteiger partial charge >= 0.3 is 12.3 Å². The standard InChI is InChI=1S/C9H11F4NOS2/c10-8(11)9(12,13)5-15-3-7-14-6(1-2-16)4-17-7/h4,8,16H,1-3,5H2. The maximum atomic E-state index is 12.5. The van der Waals surface area contributed by atoms with Crippen LogP contribution in [0.25, 0.3) is 0 Å². The molecule has 0 amide bonds. The second-order valence-corrected chi connectivity index (χ2v) is 4.65. The predicted octanol–water partition coefficient (Wildman–Crippen LogP) is 3.03. The summed E-state index contributed by atoms with van der Waals surface area (Å²) in [6.45, 7) is -1.48. The molecule has 0 radical (unpaired) electrons. The van der Waals surface area contributed by atoms with E-state index in [1.807, 2.05) is 0 Å². The lowest BCUT2D eigenvalue weighted by atomic mass is 10.4. The summed E-state index contributed by atoms with van der Waals surface area (Å²) in [7, 11) is 0. The molecule has 98 valence electrons. The number of halogens is 4. The fraction of sp³-hybridized carbons (Fsp3) is 0.667. The van der Waals surface area contributed by atoms with Crippen LogP contribution in [0.1, 0.15) is 10.7 Å². The van der Waals surface area contributed by atoms with Gasteiger partial charge in [-0.2, -0.15) is 21.4 Å². The van der Waals surface area contributed by atoms with E-state index in [2.05, 4.69) is 22.3 Å². The molecule has 0 aliphatic rings. The molecule has 0 N–H and O–H groups in total. The van der Waals surface area contributed by atoms with E-state index < -0.39 is 19.0 Å². The Morgan fingerprint density at radius 1 is 1.47 bits per heavy atom. The Labute approximate surface area is 105 Å². The lowest BCUT2D eigenvalue weighted by Gasteiger charge is -2.14. The van der Waals surface area contributed by atoms with Crippen LogP contribution in [0.15, 0.2) is 5.38 Å². The van der Waals surface area contributed by atoms with Gasteiger partial charge in [0.25, 0.3) is 0 Å². The van der Waals surface area contributed by atoms with Crippen LogP contribution in [-0.2, 0) is 17.8 Å². The second-order valence-electron chi connectivity index (χ2n) is 3.26. The average molecular weight is 289 g/mol. The minimum absolute atomic E-state index is 0.181. The summed E-state index contributed by atoms with van der Waals surface area (Å²) >= 11 is 5.27. The van der Waals surface area contributed by atoms with Crippen molar-refractivity contribution in [2.45, 2.75) is 25.4 Å². The second kappa shape index (κ2) is 6.55. The van der Waals surface area contributed by atoms with E-state index in [1.165, 1.54) is 11.3 Å². The van der Waals surface area contributed by atoms with E-state index in [0.29, 0.717) is 17.2 Å². The molecule has 1 aromatic rings. The molecule has 0 bridgehead atoms. The first-order chi connectivity index (χ1) is 7.95. The number of hydrogen-bond donors (Lipinski definition) is 1. The van der Waals surface area contributed by atoms with Gasteiger partial charge in [0.05, 0.1) is 12.3 Å². The van der Waals surface area contributed by atoms with Crippen molar-refractivity contribution in [2.24, 2.45) is 0 Å². The quantitative estimate of drug-likeness (QED) is 0.615. The number of aromatic nitrogens is 1. The van der Waals surface area contributed by atoms with Crippen molar-refractivity contribution in [3.8, 4) is 0 Å². The first kappa shape index (κ1) is 14.7. The Kier molecular flexibility index (Phi) is 5.68. The molecule has 1 rings (SSSR count). The van der Waals surface area contributed by atoms with E-state index in [-0.39, 0.29) is 6.61 Å². The van der Waals surface area contributed by atoms with Crippen molar-refractivity contribution in [2.75, 3.05) is 12.4 Å². The Hall–Kier alpha value is -0.340. The third-order valence-electron chi connectivity index (χ3n) is 1.81. The summed E-state index contributed by atoms with van der Waals surface area (Å²) < 4.78 is 53.1. The summed E-state index contributed by atoms with van der Waals surface area (Å²) in [5, 5.41) is 2.26. The SMILES string of the molecule is FC(F)C(F)(F)COCc1nc(CCS)cs1. The monoisotopic (exact) mass is 289 g/mol. The first-order valence-electron chi connectivity index (χ1n) is 4.73. The molecule has 0 aromatic carbocycles. The molecule has 0 atom stereocenters. The molecule has 17 heavy (non-hydrogen) atoms. The van der Waals surface area contributed by atoms with Gasteiger partial charge < -0.3 is 4.74 Å². The van der Waals surface area contributed by atoms with Gasteiger partial charge in [0.2, 0.25) is 0 Å².